The molecule has 1 saturated carbocycles. The highest BCUT2D eigenvalue weighted by Gasteiger charge is 2.46. The van der Waals surface area contributed by atoms with Gasteiger partial charge in [-0.3, -0.25) is 4.79 Å². The molecule has 2 bridgehead atoms. The van der Waals surface area contributed by atoms with E-state index in [-0.39, 0.29) is 6.03 Å². The number of carboxylic acids is 1. The maximum atomic E-state index is 12.7. The van der Waals surface area contributed by atoms with Gasteiger partial charge in [0, 0.05) is 25.7 Å². The van der Waals surface area contributed by atoms with Gasteiger partial charge in [-0.1, -0.05) is 6.92 Å². The van der Waals surface area contributed by atoms with E-state index in [9.17, 15) is 14.7 Å². The van der Waals surface area contributed by atoms with Crippen LogP contribution in [-0.4, -0.2) is 52.6 Å². The minimum Gasteiger partial charge on any atom is -0.481 e. The lowest BCUT2D eigenvalue weighted by atomic mass is 9.78. The Balaban J connectivity index is 1.70. The number of aliphatic carboxylic acids is 1. The van der Waals surface area contributed by atoms with Gasteiger partial charge in [-0.05, 0) is 44.4 Å². The fourth-order valence-electron chi connectivity index (χ4n) is 4.25. The van der Waals surface area contributed by atoms with Gasteiger partial charge in [0.15, 0.2) is 0 Å². The van der Waals surface area contributed by atoms with Crippen LogP contribution >= 0.6 is 0 Å². The molecule has 3 unspecified atom stereocenters. The highest BCUT2D eigenvalue weighted by atomic mass is 16.4. The Labute approximate surface area is 119 Å². The van der Waals surface area contributed by atoms with Crippen molar-refractivity contribution in [2.24, 2.45) is 11.3 Å². The molecule has 0 radical (unpaired) electrons. The summed E-state index contributed by atoms with van der Waals surface area (Å²) < 4.78 is 0. The molecule has 1 aliphatic carbocycles. The van der Waals surface area contributed by atoms with E-state index in [0.717, 1.165) is 25.8 Å². The van der Waals surface area contributed by atoms with Gasteiger partial charge < -0.3 is 14.9 Å². The molecular weight excluding hydrogens is 256 g/mol. The highest BCUT2D eigenvalue weighted by molar-refractivity contribution is 5.79. The largest absolute Gasteiger partial charge is 0.481 e. The number of carboxylic acid groups (broad SMARTS) is 1. The van der Waals surface area contributed by atoms with Crippen molar-refractivity contribution in [3.05, 3.63) is 0 Å². The third-order valence-electron chi connectivity index (χ3n) is 5.63. The van der Waals surface area contributed by atoms with E-state index in [2.05, 4.69) is 0 Å². The number of amides is 2. The lowest BCUT2D eigenvalue weighted by Crippen LogP contribution is -2.54. The third-order valence-corrected chi connectivity index (χ3v) is 5.63. The Kier molecular flexibility index (Phi) is 3.38. The summed E-state index contributed by atoms with van der Waals surface area (Å²) in [7, 11) is 0. The maximum absolute atomic E-state index is 12.7. The summed E-state index contributed by atoms with van der Waals surface area (Å²) in [5.74, 6) is -0.0652. The second-order valence-corrected chi connectivity index (χ2v) is 6.73. The van der Waals surface area contributed by atoms with Crippen LogP contribution in [0.25, 0.3) is 0 Å². The second kappa shape index (κ2) is 4.93. The Morgan fingerprint density at radius 3 is 2.70 bits per heavy atom. The summed E-state index contributed by atoms with van der Waals surface area (Å²) in [4.78, 5) is 28.0. The third kappa shape index (κ3) is 2.07. The van der Waals surface area contributed by atoms with Crippen LogP contribution in [0, 0.1) is 11.3 Å². The molecule has 2 aliphatic heterocycles. The summed E-state index contributed by atoms with van der Waals surface area (Å²) in [6.07, 6.45) is 5.61. The predicted molar refractivity (Wildman–Crippen MR) is 74.4 cm³/mol. The van der Waals surface area contributed by atoms with E-state index in [1.54, 1.807) is 4.90 Å². The highest BCUT2D eigenvalue weighted by Crippen LogP contribution is 2.39. The predicted octanol–water partition coefficient (Wildman–Crippen LogP) is 2.17. The minimum atomic E-state index is -0.750. The van der Waals surface area contributed by atoms with Crippen LogP contribution in [0.4, 0.5) is 4.79 Å². The van der Waals surface area contributed by atoms with E-state index in [1.807, 2.05) is 11.8 Å². The van der Waals surface area contributed by atoms with E-state index in [1.165, 1.54) is 6.42 Å². The standard InChI is InChI=1S/C15H24N2O3/c1-2-15(13(18)19)6-3-7-16(10-15)14(20)17-9-11-4-5-12(17)8-11/h11-12H,2-10H2,1H3,(H,18,19). The molecule has 112 valence electrons. The summed E-state index contributed by atoms with van der Waals surface area (Å²) in [6.45, 7) is 3.89. The van der Waals surface area contributed by atoms with Crippen LogP contribution in [0.2, 0.25) is 0 Å². The zero-order valence-corrected chi connectivity index (χ0v) is 12.2. The zero-order chi connectivity index (χ0) is 14.3. The molecule has 3 rings (SSSR count). The molecule has 0 aromatic carbocycles. The van der Waals surface area contributed by atoms with Crippen molar-refractivity contribution < 1.29 is 14.7 Å². The van der Waals surface area contributed by atoms with Gasteiger partial charge in [-0.15, -0.1) is 0 Å². The molecular formula is C15H24N2O3. The maximum Gasteiger partial charge on any atom is 0.320 e. The molecule has 5 heteroatoms. The number of carbonyl (C=O) groups is 2. The first-order chi connectivity index (χ1) is 9.55. The monoisotopic (exact) mass is 280 g/mol. The molecule has 3 fully saturated rings. The lowest BCUT2D eigenvalue weighted by Gasteiger charge is -2.42. The van der Waals surface area contributed by atoms with Gasteiger partial charge in [0.25, 0.3) is 0 Å². The van der Waals surface area contributed by atoms with Gasteiger partial charge in [0.1, 0.15) is 0 Å². The van der Waals surface area contributed by atoms with Crippen molar-refractivity contribution in [1.82, 2.24) is 9.80 Å². The number of fused-ring (bicyclic) bond motifs is 2. The number of carbonyl (C=O) groups excluding carboxylic acids is 1. The summed E-state index contributed by atoms with van der Waals surface area (Å²) in [5.41, 5.74) is -0.730. The number of urea groups is 1. The van der Waals surface area contributed by atoms with Crippen molar-refractivity contribution in [2.45, 2.75) is 51.5 Å². The summed E-state index contributed by atoms with van der Waals surface area (Å²) in [6, 6.07) is 0.492. The zero-order valence-electron chi connectivity index (χ0n) is 12.2. The van der Waals surface area contributed by atoms with E-state index < -0.39 is 11.4 Å². The van der Waals surface area contributed by atoms with Gasteiger partial charge >= 0.3 is 12.0 Å². The molecule has 0 aromatic heterocycles. The van der Waals surface area contributed by atoms with Crippen molar-refractivity contribution in [2.75, 3.05) is 19.6 Å². The van der Waals surface area contributed by atoms with Gasteiger partial charge in [-0.2, -0.15) is 0 Å². The number of hydrogen-bond donors (Lipinski definition) is 1. The molecule has 2 saturated heterocycles. The van der Waals surface area contributed by atoms with Crippen molar-refractivity contribution in [3.63, 3.8) is 0 Å². The topological polar surface area (TPSA) is 60.9 Å². The van der Waals surface area contributed by atoms with Crippen LogP contribution in [0.5, 0.6) is 0 Å². The molecule has 5 nitrogen and oxygen atoms in total. The Morgan fingerprint density at radius 1 is 1.35 bits per heavy atom. The molecule has 2 amide bonds. The van der Waals surface area contributed by atoms with Crippen molar-refractivity contribution in [3.8, 4) is 0 Å². The van der Waals surface area contributed by atoms with Crippen LogP contribution < -0.4 is 0 Å². The fraction of sp³-hybridized carbons (Fsp3) is 0.867. The molecule has 20 heavy (non-hydrogen) atoms. The molecule has 3 atom stereocenters. The van der Waals surface area contributed by atoms with Crippen LogP contribution in [0.3, 0.4) is 0 Å². The van der Waals surface area contributed by atoms with Gasteiger partial charge in [-0.25, -0.2) is 4.79 Å². The number of nitrogens with zero attached hydrogens (tertiary/aromatic N) is 2. The van der Waals surface area contributed by atoms with Crippen LogP contribution in [0.15, 0.2) is 0 Å². The first kappa shape index (κ1) is 13.7. The Hall–Kier alpha value is -1.26. The lowest BCUT2D eigenvalue weighted by molar-refractivity contribution is -0.152. The normalized spacial score (nSPS) is 36.5. The molecule has 3 aliphatic rings. The van der Waals surface area contributed by atoms with Gasteiger partial charge in [0.05, 0.1) is 5.41 Å². The quantitative estimate of drug-likeness (QED) is 0.843. The van der Waals surface area contributed by atoms with Crippen molar-refractivity contribution >= 4 is 12.0 Å². The first-order valence-electron chi connectivity index (χ1n) is 7.84. The number of rotatable bonds is 2. The average Bonchev–Trinajstić information content (AvgIpc) is 3.09. The summed E-state index contributed by atoms with van der Waals surface area (Å²) in [5, 5.41) is 9.51. The minimum absolute atomic E-state index is 0.0796. The number of hydrogen-bond acceptors (Lipinski definition) is 2. The number of likely N-dealkylation sites (tertiary alicyclic amines) is 2. The van der Waals surface area contributed by atoms with E-state index >= 15 is 0 Å². The first-order valence-corrected chi connectivity index (χ1v) is 7.84. The van der Waals surface area contributed by atoms with Gasteiger partial charge in [0.2, 0.25) is 0 Å². The molecule has 0 aromatic rings. The Bertz CT molecular complexity index is 425. The SMILES string of the molecule is CCC1(C(=O)O)CCCN(C(=O)N2CC3CCC2C3)C1. The smallest absolute Gasteiger partial charge is 0.320 e. The number of piperidine rings is 2. The Morgan fingerprint density at radius 2 is 2.15 bits per heavy atom. The van der Waals surface area contributed by atoms with E-state index in [4.69, 9.17) is 0 Å². The molecule has 1 N–H and O–H groups in total. The average molecular weight is 280 g/mol. The fourth-order valence-corrected chi connectivity index (χ4v) is 4.25. The second-order valence-electron chi connectivity index (χ2n) is 6.73. The van der Waals surface area contributed by atoms with Crippen LogP contribution in [-0.2, 0) is 4.79 Å². The molecule has 2 heterocycles. The summed E-state index contributed by atoms with van der Waals surface area (Å²) >= 11 is 0. The van der Waals surface area contributed by atoms with Crippen molar-refractivity contribution in [1.29, 1.82) is 0 Å². The van der Waals surface area contributed by atoms with Crippen LogP contribution in [0.1, 0.15) is 45.4 Å². The van der Waals surface area contributed by atoms with E-state index in [0.29, 0.717) is 37.9 Å². The molecule has 0 spiro atoms.